The van der Waals surface area contributed by atoms with Crippen molar-refractivity contribution in [2.75, 3.05) is 7.05 Å². The summed E-state index contributed by atoms with van der Waals surface area (Å²) in [4.78, 5) is 12.0. The zero-order valence-corrected chi connectivity index (χ0v) is 8.25. The van der Waals surface area contributed by atoms with Crippen LogP contribution in [-0.4, -0.2) is 18.0 Å². The molecule has 2 amide bonds. The van der Waals surface area contributed by atoms with Crippen molar-refractivity contribution in [2.45, 2.75) is 13.5 Å². The van der Waals surface area contributed by atoms with Crippen molar-refractivity contribution < 1.29 is 9.18 Å². The Labute approximate surface area is 82.3 Å². The molecule has 0 saturated heterocycles. The van der Waals surface area contributed by atoms with Gasteiger partial charge in [0.25, 0.3) is 0 Å². The van der Waals surface area contributed by atoms with Crippen LogP contribution < -0.4 is 5.73 Å². The fourth-order valence-electron chi connectivity index (χ4n) is 1.11. The first kappa shape index (κ1) is 10.5. The van der Waals surface area contributed by atoms with Crippen molar-refractivity contribution in [1.29, 1.82) is 0 Å². The number of primary amides is 1. The molecule has 0 saturated carbocycles. The maximum absolute atomic E-state index is 13.3. The SMILES string of the molecule is Cc1ccc(CN(C)C(N)=O)c(F)c1. The van der Waals surface area contributed by atoms with Crippen molar-refractivity contribution in [2.24, 2.45) is 5.73 Å². The van der Waals surface area contributed by atoms with E-state index in [-0.39, 0.29) is 12.4 Å². The van der Waals surface area contributed by atoms with E-state index in [9.17, 15) is 9.18 Å². The summed E-state index contributed by atoms with van der Waals surface area (Å²) in [7, 11) is 1.53. The molecule has 0 atom stereocenters. The topological polar surface area (TPSA) is 46.3 Å². The van der Waals surface area contributed by atoms with Gasteiger partial charge in [0.15, 0.2) is 0 Å². The van der Waals surface area contributed by atoms with Crippen LogP contribution in [0.4, 0.5) is 9.18 Å². The highest BCUT2D eigenvalue weighted by molar-refractivity contribution is 5.71. The van der Waals surface area contributed by atoms with Crippen molar-refractivity contribution in [1.82, 2.24) is 4.90 Å². The zero-order valence-electron chi connectivity index (χ0n) is 8.25. The lowest BCUT2D eigenvalue weighted by Gasteiger charge is -2.14. The molecule has 0 fully saturated rings. The van der Waals surface area contributed by atoms with Gasteiger partial charge in [-0.3, -0.25) is 0 Å². The number of carbonyl (C=O) groups excluding carboxylic acids is 1. The average molecular weight is 196 g/mol. The first-order valence-electron chi connectivity index (χ1n) is 4.26. The van der Waals surface area contributed by atoms with Gasteiger partial charge in [0.2, 0.25) is 0 Å². The number of hydrogen-bond donors (Lipinski definition) is 1. The van der Waals surface area contributed by atoms with E-state index in [0.29, 0.717) is 5.56 Å². The molecule has 2 N–H and O–H groups in total. The number of urea groups is 1. The summed E-state index contributed by atoms with van der Waals surface area (Å²) in [6, 6.07) is 4.33. The van der Waals surface area contributed by atoms with Gasteiger partial charge in [-0.15, -0.1) is 0 Å². The number of aryl methyl sites for hydroxylation is 1. The third-order valence-electron chi connectivity index (χ3n) is 1.99. The fraction of sp³-hybridized carbons (Fsp3) is 0.300. The minimum atomic E-state index is -0.565. The number of halogens is 1. The summed E-state index contributed by atoms with van der Waals surface area (Å²) >= 11 is 0. The Morgan fingerprint density at radius 1 is 1.57 bits per heavy atom. The molecule has 1 aromatic carbocycles. The van der Waals surface area contributed by atoms with Crippen LogP contribution in [0.1, 0.15) is 11.1 Å². The summed E-state index contributed by atoms with van der Waals surface area (Å²) in [5.41, 5.74) is 6.35. The zero-order chi connectivity index (χ0) is 10.7. The molecule has 3 nitrogen and oxygen atoms in total. The Hall–Kier alpha value is -1.58. The number of nitrogens with two attached hydrogens (primary N) is 1. The molecular formula is C10H13FN2O. The molecule has 0 spiro atoms. The van der Waals surface area contributed by atoms with Crippen LogP contribution in [0, 0.1) is 12.7 Å². The van der Waals surface area contributed by atoms with E-state index in [1.54, 1.807) is 12.1 Å². The highest BCUT2D eigenvalue weighted by atomic mass is 19.1. The molecule has 1 rings (SSSR count). The summed E-state index contributed by atoms with van der Waals surface area (Å²) in [5.74, 6) is -0.307. The standard InChI is InChI=1S/C10H13FN2O/c1-7-3-4-8(9(11)5-7)6-13(2)10(12)14/h3-5H,6H2,1-2H3,(H2,12,14). The second kappa shape index (κ2) is 4.09. The predicted octanol–water partition coefficient (Wildman–Crippen LogP) is 1.64. The van der Waals surface area contributed by atoms with Gasteiger partial charge in [-0.1, -0.05) is 12.1 Å². The highest BCUT2D eigenvalue weighted by Gasteiger charge is 2.07. The molecule has 14 heavy (non-hydrogen) atoms. The lowest BCUT2D eigenvalue weighted by Crippen LogP contribution is -2.31. The number of benzene rings is 1. The van der Waals surface area contributed by atoms with Crippen LogP contribution in [0.2, 0.25) is 0 Å². The molecule has 0 heterocycles. The summed E-state index contributed by atoms with van der Waals surface area (Å²) < 4.78 is 13.3. The third kappa shape index (κ3) is 2.45. The lowest BCUT2D eigenvalue weighted by molar-refractivity contribution is 0.216. The smallest absolute Gasteiger partial charge is 0.314 e. The van der Waals surface area contributed by atoms with E-state index < -0.39 is 6.03 Å². The monoisotopic (exact) mass is 196 g/mol. The summed E-state index contributed by atoms with van der Waals surface area (Å²) in [5, 5.41) is 0. The molecule has 0 unspecified atom stereocenters. The van der Waals surface area contributed by atoms with Crippen LogP contribution in [0.5, 0.6) is 0 Å². The average Bonchev–Trinajstić information content (AvgIpc) is 2.09. The number of carbonyl (C=O) groups is 1. The van der Waals surface area contributed by atoms with Crippen LogP contribution in [0.25, 0.3) is 0 Å². The molecule has 0 aliphatic carbocycles. The largest absolute Gasteiger partial charge is 0.351 e. The maximum Gasteiger partial charge on any atom is 0.314 e. The van der Waals surface area contributed by atoms with E-state index >= 15 is 0 Å². The predicted molar refractivity (Wildman–Crippen MR) is 52.2 cm³/mol. The maximum atomic E-state index is 13.3. The van der Waals surface area contributed by atoms with Gasteiger partial charge in [-0.05, 0) is 18.6 Å². The number of rotatable bonds is 2. The van der Waals surface area contributed by atoms with Gasteiger partial charge in [-0.2, -0.15) is 0 Å². The summed E-state index contributed by atoms with van der Waals surface area (Å²) in [6.07, 6.45) is 0. The van der Waals surface area contributed by atoms with Crippen molar-refractivity contribution in [3.8, 4) is 0 Å². The molecule has 1 aromatic rings. The van der Waals surface area contributed by atoms with Crippen LogP contribution in [-0.2, 0) is 6.54 Å². The number of nitrogens with zero attached hydrogens (tertiary/aromatic N) is 1. The molecule has 0 aromatic heterocycles. The number of hydrogen-bond acceptors (Lipinski definition) is 1. The first-order chi connectivity index (χ1) is 6.50. The molecule has 0 aliphatic heterocycles. The molecule has 4 heteroatoms. The van der Waals surface area contributed by atoms with E-state index in [4.69, 9.17) is 5.73 Å². The summed E-state index contributed by atoms with van der Waals surface area (Å²) in [6.45, 7) is 2.01. The quantitative estimate of drug-likeness (QED) is 0.768. The Morgan fingerprint density at radius 2 is 2.21 bits per heavy atom. The van der Waals surface area contributed by atoms with Gasteiger partial charge < -0.3 is 10.6 Å². The Balaban J connectivity index is 2.82. The second-order valence-electron chi connectivity index (χ2n) is 3.29. The van der Waals surface area contributed by atoms with Crippen LogP contribution in [0.15, 0.2) is 18.2 Å². The normalized spacial score (nSPS) is 9.93. The molecule has 0 bridgehead atoms. The molecule has 76 valence electrons. The fourth-order valence-corrected chi connectivity index (χ4v) is 1.11. The van der Waals surface area contributed by atoms with E-state index in [2.05, 4.69) is 0 Å². The lowest BCUT2D eigenvalue weighted by atomic mass is 10.1. The molecule has 0 aliphatic rings. The van der Waals surface area contributed by atoms with Gasteiger partial charge in [0.05, 0.1) is 0 Å². The van der Waals surface area contributed by atoms with Gasteiger partial charge in [0, 0.05) is 19.2 Å². The van der Waals surface area contributed by atoms with Gasteiger partial charge in [-0.25, -0.2) is 9.18 Å². The minimum absolute atomic E-state index is 0.196. The Kier molecular flexibility index (Phi) is 3.06. The van der Waals surface area contributed by atoms with E-state index in [1.165, 1.54) is 18.0 Å². The molecular weight excluding hydrogens is 183 g/mol. The Bertz CT molecular complexity index is 352. The third-order valence-corrected chi connectivity index (χ3v) is 1.99. The van der Waals surface area contributed by atoms with Gasteiger partial charge >= 0.3 is 6.03 Å². The first-order valence-corrected chi connectivity index (χ1v) is 4.26. The second-order valence-corrected chi connectivity index (χ2v) is 3.29. The highest BCUT2D eigenvalue weighted by Crippen LogP contribution is 2.11. The van der Waals surface area contributed by atoms with Crippen molar-refractivity contribution in [3.63, 3.8) is 0 Å². The minimum Gasteiger partial charge on any atom is -0.351 e. The van der Waals surface area contributed by atoms with Gasteiger partial charge in [0.1, 0.15) is 5.82 Å². The molecule has 0 radical (unpaired) electrons. The van der Waals surface area contributed by atoms with Crippen LogP contribution in [0.3, 0.4) is 0 Å². The Morgan fingerprint density at radius 3 is 2.71 bits per heavy atom. The van der Waals surface area contributed by atoms with E-state index in [1.807, 2.05) is 6.92 Å². The van der Waals surface area contributed by atoms with Crippen LogP contribution >= 0.6 is 0 Å². The van der Waals surface area contributed by atoms with Crippen molar-refractivity contribution >= 4 is 6.03 Å². The number of amides is 2. The van der Waals surface area contributed by atoms with E-state index in [0.717, 1.165) is 5.56 Å². The van der Waals surface area contributed by atoms with Crippen molar-refractivity contribution in [3.05, 3.63) is 35.1 Å².